The van der Waals surface area contributed by atoms with Crippen LogP contribution in [0.25, 0.3) is 11.0 Å². The van der Waals surface area contributed by atoms with Gasteiger partial charge in [-0.05, 0) is 25.1 Å². The quantitative estimate of drug-likeness (QED) is 0.583. The normalized spacial score (nSPS) is 10.6. The Kier molecular flexibility index (Phi) is 4.02. The van der Waals surface area contributed by atoms with Crippen LogP contribution in [-0.4, -0.2) is 20.4 Å². The SMILES string of the molecule is Cc1c(NC(=O)c2nc3ccccc3n(C)c2=O)cccc1[N+](=O)[O-]. The molecule has 3 rings (SSSR count). The molecule has 0 fully saturated rings. The first-order valence-corrected chi connectivity index (χ1v) is 7.41. The van der Waals surface area contributed by atoms with Gasteiger partial charge in [0.2, 0.25) is 0 Å². The van der Waals surface area contributed by atoms with Crippen LogP contribution in [0.4, 0.5) is 11.4 Å². The number of nitrogens with one attached hydrogen (secondary N) is 1. The van der Waals surface area contributed by atoms with Gasteiger partial charge in [-0.15, -0.1) is 0 Å². The van der Waals surface area contributed by atoms with E-state index in [9.17, 15) is 19.7 Å². The standard InChI is InChI=1S/C17H14N4O4/c1-10-11(7-5-9-13(10)21(24)25)19-16(22)15-17(23)20(2)14-8-4-3-6-12(14)18-15/h3-9H,1-2H3,(H,19,22). The fourth-order valence-electron chi connectivity index (χ4n) is 2.56. The van der Waals surface area contributed by atoms with Crippen molar-refractivity contribution >= 4 is 28.3 Å². The van der Waals surface area contributed by atoms with E-state index in [1.54, 1.807) is 31.3 Å². The molecule has 1 heterocycles. The molecule has 0 unspecified atom stereocenters. The monoisotopic (exact) mass is 338 g/mol. The smallest absolute Gasteiger partial charge is 0.282 e. The molecule has 2 aromatic carbocycles. The van der Waals surface area contributed by atoms with Crippen molar-refractivity contribution in [2.45, 2.75) is 6.92 Å². The highest BCUT2D eigenvalue weighted by Gasteiger charge is 2.19. The summed E-state index contributed by atoms with van der Waals surface area (Å²) >= 11 is 0. The number of aryl methyl sites for hydroxylation is 1. The first-order chi connectivity index (χ1) is 11.9. The number of hydrogen-bond acceptors (Lipinski definition) is 5. The van der Waals surface area contributed by atoms with Crippen molar-refractivity contribution in [3.05, 3.63) is 74.2 Å². The van der Waals surface area contributed by atoms with E-state index in [2.05, 4.69) is 10.3 Å². The van der Waals surface area contributed by atoms with E-state index >= 15 is 0 Å². The van der Waals surface area contributed by atoms with Crippen LogP contribution in [0.5, 0.6) is 0 Å². The molecule has 1 N–H and O–H groups in total. The molecule has 0 bridgehead atoms. The van der Waals surface area contributed by atoms with E-state index in [4.69, 9.17) is 0 Å². The minimum absolute atomic E-state index is 0.114. The fraction of sp³-hybridized carbons (Fsp3) is 0.118. The number of nitro benzene ring substituents is 1. The number of hydrogen-bond donors (Lipinski definition) is 1. The molecule has 0 aliphatic rings. The van der Waals surface area contributed by atoms with Crippen molar-refractivity contribution in [3.63, 3.8) is 0 Å². The largest absolute Gasteiger partial charge is 0.320 e. The molecule has 1 amide bonds. The second-order valence-corrected chi connectivity index (χ2v) is 5.47. The minimum Gasteiger partial charge on any atom is -0.320 e. The summed E-state index contributed by atoms with van der Waals surface area (Å²) in [6.45, 7) is 1.53. The average molecular weight is 338 g/mol. The van der Waals surface area contributed by atoms with Gasteiger partial charge in [-0.1, -0.05) is 18.2 Å². The molecule has 0 radical (unpaired) electrons. The molecule has 8 heteroatoms. The highest BCUT2D eigenvalue weighted by atomic mass is 16.6. The molecule has 8 nitrogen and oxygen atoms in total. The number of carbonyl (C=O) groups is 1. The van der Waals surface area contributed by atoms with Crippen LogP contribution < -0.4 is 10.9 Å². The summed E-state index contributed by atoms with van der Waals surface area (Å²) in [6, 6.07) is 11.3. The number of benzene rings is 2. The molecule has 1 aromatic heterocycles. The van der Waals surface area contributed by atoms with E-state index in [1.807, 2.05) is 0 Å². The van der Waals surface area contributed by atoms with Crippen LogP contribution in [0, 0.1) is 17.0 Å². The highest BCUT2D eigenvalue weighted by molar-refractivity contribution is 6.04. The van der Waals surface area contributed by atoms with E-state index in [-0.39, 0.29) is 17.1 Å². The predicted molar refractivity (Wildman–Crippen MR) is 92.8 cm³/mol. The Balaban J connectivity index is 2.04. The maximum absolute atomic E-state index is 12.5. The number of fused-ring (bicyclic) bond motifs is 1. The van der Waals surface area contributed by atoms with Gasteiger partial charge in [0.25, 0.3) is 17.2 Å². The first kappa shape index (κ1) is 16.3. The summed E-state index contributed by atoms with van der Waals surface area (Å²) in [5, 5.41) is 13.5. The Morgan fingerprint density at radius 3 is 2.64 bits per heavy atom. The van der Waals surface area contributed by atoms with Crippen LogP contribution in [0.2, 0.25) is 0 Å². The van der Waals surface area contributed by atoms with Gasteiger partial charge in [0, 0.05) is 13.1 Å². The van der Waals surface area contributed by atoms with Crippen LogP contribution in [0.15, 0.2) is 47.3 Å². The van der Waals surface area contributed by atoms with Crippen LogP contribution >= 0.6 is 0 Å². The van der Waals surface area contributed by atoms with Gasteiger partial charge >= 0.3 is 0 Å². The third-order valence-electron chi connectivity index (χ3n) is 3.95. The Morgan fingerprint density at radius 2 is 1.92 bits per heavy atom. The molecule has 126 valence electrons. The molecule has 3 aromatic rings. The first-order valence-electron chi connectivity index (χ1n) is 7.41. The second-order valence-electron chi connectivity index (χ2n) is 5.47. The van der Waals surface area contributed by atoms with E-state index in [0.29, 0.717) is 16.6 Å². The third kappa shape index (κ3) is 2.85. The number of carbonyl (C=O) groups excluding carboxylic acids is 1. The lowest BCUT2D eigenvalue weighted by Gasteiger charge is -2.10. The van der Waals surface area contributed by atoms with E-state index in [0.717, 1.165) is 0 Å². The lowest BCUT2D eigenvalue weighted by Crippen LogP contribution is -2.30. The average Bonchev–Trinajstić information content (AvgIpc) is 2.59. The fourth-order valence-corrected chi connectivity index (χ4v) is 2.56. The van der Waals surface area contributed by atoms with Gasteiger partial charge in [0.15, 0.2) is 5.69 Å². The number of nitro groups is 1. The van der Waals surface area contributed by atoms with Crippen molar-refractivity contribution in [2.75, 3.05) is 5.32 Å². The van der Waals surface area contributed by atoms with Crippen molar-refractivity contribution in [1.82, 2.24) is 9.55 Å². The van der Waals surface area contributed by atoms with E-state index < -0.39 is 16.4 Å². The Bertz CT molecular complexity index is 1070. The number of para-hydroxylation sites is 2. The lowest BCUT2D eigenvalue weighted by atomic mass is 10.1. The zero-order chi connectivity index (χ0) is 18.1. The van der Waals surface area contributed by atoms with Gasteiger partial charge in [0.05, 0.1) is 27.2 Å². The number of anilines is 1. The van der Waals surface area contributed by atoms with Crippen LogP contribution in [-0.2, 0) is 7.05 Å². The molecule has 0 aliphatic carbocycles. The molecular formula is C17H14N4O4. The summed E-state index contributed by atoms with van der Waals surface area (Å²) in [5.74, 6) is -0.713. The van der Waals surface area contributed by atoms with Crippen molar-refractivity contribution in [3.8, 4) is 0 Å². The second kappa shape index (κ2) is 6.16. The summed E-state index contributed by atoms with van der Waals surface area (Å²) in [5.41, 5.74) is 0.749. The molecule has 0 atom stereocenters. The number of rotatable bonds is 3. The number of aromatic nitrogens is 2. The van der Waals surface area contributed by atoms with Crippen molar-refractivity contribution < 1.29 is 9.72 Å². The molecule has 25 heavy (non-hydrogen) atoms. The predicted octanol–water partition coefficient (Wildman–Crippen LogP) is 2.40. The molecule has 0 aliphatic heterocycles. The zero-order valence-electron chi connectivity index (χ0n) is 13.5. The minimum atomic E-state index is -0.713. The van der Waals surface area contributed by atoms with Crippen LogP contribution in [0.1, 0.15) is 16.1 Å². The van der Waals surface area contributed by atoms with Crippen LogP contribution in [0.3, 0.4) is 0 Å². The number of nitrogens with zero attached hydrogens (tertiary/aromatic N) is 3. The molecule has 0 spiro atoms. The summed E-state index contributed by atoms with van der Waals surface area (Å²) in [7, 11) is 1.56. The van der Waals surface area contributed by atoms with Gasteiger partial charge < -0.3 is 9.88 Å². The lowest BCUT2D eigenvalue weighted by molar-refractivity contribution is -0.385. The highest BCUT2D eigenvalue weighted by Crippen LogP contribution is 2.25. The summed E-state index contributed by atoms with van der Waals surface area (Å²) < 4.78 is 1.34. The molecular weight excluding hydrogens is 324 g/mol. The third-order valence-corrected chi connectivity index (χ3v) is 3.95. The Labute approximate surface area is 141 Å². The number of amides is 1. The van der Waals surface area contributed by atoms with Gasteiger partial charge in [-0.25, -0.2) is 4.98 Å². The Morgan fingerprint density at radius 1 is 1.20 bits per heavy atom. The van der Waals surface area contributed by atoms with Crippen molar-refractivity contribution in [1.29, 1.82) is 0 Å². The van der Waals surface area contributed by atoms with Crippen molar-refractivity contribution in [2.24, 2.45) is 7.05 Å². The Hall–Kier alpha value is -3.55. The van der Waals surface area contributed by atoms with Gasteiger partial charge in [-0.3, -0.25) is 19.7 Å². The van der Waals surface area contributed by atoms with Gasteiger partial charge in [-0.2, -0.15) is 0 Å². The zero-order valence-corrected chi connectivity index (χ0v) is 13.5. The summed E-state index contributed by atoms with van der Waals surface area (Å²) in [6.07, 6.45) is 0. The summed E-state index contributed by atoms with van der Waals surface area (Å²) in [4.78, 5) is 39.5. The van der Waals surface area contributed by atoms with E-state index in [1.165, 1.54) is 29.7 Å². The maximum atomic E-state index is 12.5. The maximum Gasteiger partial charge on any atom is 0.282 e. The topological polar surface area (TPSA) is 107 Å². The molecule has 0 saturated heterocycles. The van der Waals surface area contributed by atoms with Gasteiger partial charge in [0.1, 0.15) is 0 Å². The molecule has 0 saturated carbocycles.